The highest BCUT2D eigenvalue weighted by molar-refractivity contribution is 7.15. The molecule has 0 radical (unpaired) electrons. The molecular formula is C14H25N3S. The van der Waals surface area contributed by atoms with Gasteiger partial charge in [0.15, 0.2) is 5.13 Å². The third kappa shape index (κ3) is 2.86. The van der Waals surface area contributed by atoms with Gasteiger partial charge in [-0.1, -0.05) is 24.7 Å². The molecule has 0 saturated heterocycles. The van der Waals surface area contributed by atoms with Gasteiger partial charge in [-0.2, -0.15) is 0 Å². The quantitative estimate of drug-likeness (QED) is 0.856. The van der Waals surface area contributed by atoms with Gasteiger partial charge in [-0.05, 0) is 39.7 Å². The minimum Gasteiger partial charge on any atom is -0.348 e. The average molecular weight is 267 g/mol. The molecular weight excluding hydrogens is 242 g/mol. The van der Waals surface area contributed by atoms with Crippen molar-refractivity contribution in [1.82, 2.24) is 10.3 Å². The molecule has 0 bridgehead atoms. The molecule has 1 N–H and O–H groups in total. The maximum atomic E-state index is 4.88. The van der Waals surface area contributed by atoms with Gasteiger partial charge in [0.2, 0.25) is 0 Å². The summed E-state index contributed by atoms with van der Waals surface area (Å²) in [6.07, 6.45) is 6.19. The molecule has 1 aliphatic carbocycles. The SMILES string of the molecule is CCCCN(CC)c1nc2c(s1)C(NC)CCC2. The van der Waals surface area contributed by atoms with E-state index < -0.39 is 0 Å². The zero-order valence-corrected chi connectivity index (χ0v) is 12.6. The van der Waals surface area contributed by atoms with Crippen LogP contribution < -0.4 is 10.2 Å². The highest BCUT2D eigenvalue weighted by Gasteiger charge is 2.24. The molecule has 0 amide bonds. The van der Waals surface area contributed by atoms with Crippen molar-refractivity contribution in [2.75, 3.05) is 25.0 Å². The predicted molar refractivity (Wildman–Crippen MR) is 79.6 cm³/mol. The molecule has 1 aromatic rings. The summed E-state index contributed by atoms with van der Waals surface area (Å²) in [7, 11) is 2.06. The normalized spacial score (nSPS) is 18.7. The number of nitrogens with one attached hydrogen (secondary N) is 1. The molecule has 3 nitrogen and oxygen atoms in total. The van der Waals surface area contributed by atoms with Crippen LogP contribution in [0.2, 0.25) is 0 Å². The molecule has 4 heteroatoms. The van der Waals surface area contributed by atoms with Crippen LogP contribution >= 0.6 is 11.3 Å². The second-order valence-corrected chi connectivity index (χ2v) is 5.98. The fraction of sp³-hybridized carbons (Fsp3) is 0.786. The molecule has 102 valence electrons. The third-order valence-corrected chi connectivity index (χ3v) is 4.99. The van der Waals surface area contributed by atoms with Crippen LogP contribution in [0, 0.1) is 0 Å². The van der Waals surface area contributed by atoms with Crippen molar-refractivity contribution in [3.05, 3.63) is 10.6 Å². The number of hydrogen-bond acceptors (Lipinski definition) is 4. The minimum atomic E-state index is 0.532. The van der Waals surface area contributed by atoms with Crippen molar-refractivity contribution in [2.45, 2.75) is 52.0 Å². The number of nitrogens with zero attached hydrogens (tertiary/aromatic N) is 2. The van der Waals surface area contributed by atoms with Crippen LogP contribution in [-0.4, -0.2) is 25.1 Å². The molecule has 0 spiro atoms. The molecule has 1 unspecified atom stereocenters. The molecule has 1 heterocycles. The number of fused-ring (bicyclic) bond motifs is 1. The molecule has 1 atom stereocenters. The number of anilines is 1. The van der Waals surface area contributed by atoms with Crippen molar-refractivity contribution in [3.8, 4) is 0 Å². The first-order chi connectivity index (χ1) is 8.80. The lowest BCUT2D eigenvalue weighted by molar-refractivity contribution is 0.501. The van der Waals surface area contributed by atoms with E-state index in [1.54, 1.807) is 0 Å². The smallest absolute Gasteiger partial charge is 0.185 e. The zero-order valence-electron chi connectivity index (χ0n) is 11.8. The van der Waals surface area contributed by atoms with Gasteiger partial charge in [-0.3, -0.25) is 0 Å². The molecule has 0 aromatic carbocycles. The summed E-state index contributed by atoms with van der Waals surface area (Å²) >= 11 is 1.90. The topological polar surface area (TPSA) is 28.2 Å². The van der Waals surface area contributed by atoms with Crippen molar-refractivity contribution >= 4 is 16.5 Å². The van der Waals surface area contributed by atoms with E-state index in [0.717, 1.165) is 19.5 Å². The Hall–Kier alpha value is -0.610. The molecule has 18 heavy (non-hydrogen) atoms. The van der Waals surface area contributed by atoms with E-state index >= 15 is 0 Å². The Bertz CT molecular complexity index is 375. The van der Waals surface area contributed by atoms with Crippen molar-refractivity contribution in [1.29, 1.82) is 0 Å². The average Bonchev–Trinajstić information content (AvgIpc) is 2.83. The van der Waals surface area contributed by atoms with Crippen LogP contribution in [0.1, 0.15) is 56.1 Å². The Labute approximate surface area is 115 Å². The van der Waals surface area contributed by atoms with E-state index in [-0.39, 0.29) is 0 Å². The Morgan fingerprint density at radius 2 is 2.28 bits per heavy atom. The van der Waals surface area contributed by atoms with Gasteiger partial charge < -0.3 is 10.2 Å². The Morgan fingerprint density at radius 3 is 2.94 bits per heavy atom. The second kappa shape index (κ2) is 6.53. The van der Waals surface area contributed by atoms with Gasteiger partial charge in [0.1, 0.15) is 0 Å². The standard InChI is InChI=1S/C14H25N3S/c1-4-6-10-17(5-2)14-16-12-9-7-8-11(15-3)13(12)18-14/h11,15H,4-10H2,1-3H3. The number of aromatic nitrogens is 1. The fourth-order valence-corrected chi connectivity index (χ4v) is 3.90. The first-order valence-corrected chi connectivity index (χ1v) is 8.03. The van der Waals surface area contributed by atoms with Crippen LogP contribution in [0.4, 0.5) is 5.13 Å². The van der Waals surface area contributed by atoms with Gasteiger partial charge in [-0.15, -0.1) is 0 Å². The van der Waals surface area contributed by atoms with E-state index in [0.29, 0.717) is 6.04 Å². The molecule has 0 fully saturated rings. The Morgan fingerprint density at radius 1 is 1.44 bits per heavy atom. The fourth-order valence-electron chi connectivity index (χ4n) is 2.56. The summed E-state index contributed by atoms with van der Waals surface area (Å²) in [5.74, 6) is 0. The number of unbranched alkanes of at least 4 members (excludes halogenated alkanes) is 1. The van der Waals surface area contributed by atoms with E-state index in [2.05, 4.69) is 31.1 Å². The van der Waals surface area contributed by atoms with Crippen LogP contribution in [0.3, 0.4) is 0 Å². The van der Waals surface area contributed by atoms with Crippen molar-refractivity contribution in [3.63, 3.8) is 0 Å². The van der Waals surface area contributed by atoms with Crippen LogP contribution in [0.15, 0.2) is 0 Å². The largest absolute Gasteiger partial charge is 0.348 e. The maximum absolute atomic E-state index is 4.88. The lowest BCUT2D eigenvalue weighted by Crippen LogP contribution is -2.23. The van der Waals surface area contributed by atoms with Crippen molar-refractivity contribution in [2.24, 2.45) is 0 Å². The summed E-state index contributed by atoms with van der Waals surface area (Å²) in [6.45, 7) is 6.68. The number of rotatable bonds is 6. The summed E-state index contributed by atoms with van der Waals surface area (Å²) in [5, 5.41) is 4.66. The molecule has 2 rings (SSSR count). The molecule has 0 aliphatic heterocycles. The molecule has 1 aliphatic rings. The predicted octanol–water partition coefficient (Wildman–Crippen LogP) is 3.37. The Balaban J connectivity index is 2.16. The summed E-state index contributed by atoms with van der Waals surface area (Å²) in [5.41, 5.74) is 1.34. The van der Waals surface area contributed by atoms with Gasteiger partial charge in [0, 0.05) is 24.0 Å². The van der Waals surface area contributed by atoms with E-state index in [9.17, 15) is 0 Å². The monoisotopic (exact) mass is 267 g/mol. The molecule has 1 aromatic heterocycles. The van der Waals surface area contributed by atoms with Gasteiger partial charge in [0.25, 0.3) is 0 Å². The Kier molecular flexibility index (Phi) is 5.01. The maximum Gasteiger partial charge on any atom is 0.185 e. The highest BCUT2D eigenvalue weighted by Crippen LogP contribution is 2.37. The number of hydrogen-bond donors (Lipinski definition) is 1. The van der Waals surface area contributed by atoms with Gasteiger partial charge >= 0.3 is 0 Å². The zero-order chi connectivity index (χ0) is 13.0. The van der Waals surface area contributed by atoms with Gasteiger partial charge in [0.05, 0.1) is 5.69 Å². The lowest BCUT2D eigenvalue weighted by atomic mass is 9.98. The van der Waals surface area contributed by atoms with E-state index in [1.165, 1.54) is 41.4 Å². The summed E-state index contributed by atoms with van der Waals surface area (Å²) in [4.78, 5) is 8.79. The van der Waals surface area contributed by atoms with Crippen LogP contribution in [0.5, 0.6) is 0 Å². The highest BCUT2D eigenvalue weighted by atomic mass is 32.1. The number of aryl methyl sites for hydroxylation is 1. The van der Waals surface area contributed by atoms with E-state index in [1.807, 2.05) is 11.3 Å². The van der Waals surface area contributed by atoms with E-state index in [4.69, 9.17) is 4.98 Å². The first-order valence-electron chi connectivity index (χ1n) is 7.21. The third-order valence-electron chi connectivity index (χ3n) is 3.72. The van der Waals surface area contributed by atoms with Crippen LogP contribution in [0.25, 0.3) is 0 Å². The first kappa shape index (κ1) is 13.8. The van der Waals surface area contributed by atoms with Crippen LogP contribution in [-0.2, 0) is 6.42 Å². The summed E-state index contributed by atoms with van der Waals surface area (Å²) < 4.78 is 0. The lowest BCUT2D eigenvalue weighted by Gasteiger charge is -2.20. The second-order valence-electron chi connectivity index (χ2n) is 4.97. The van der Waals surface area contributed by atoms with Gasteiger partial charge in [-0.25, -0.2) is 4.98 Å². The van der Waals surface area contributed by atoms with Crippen molar-refractivity contribution < 1.29 is 0 Å². The minimum absolute atomic E-state index is 0.532. The number of thiazole rings is 1. The molecule has 0 saturated carbocycles. The summed E-state index contributed by atoms with van der Waals surface area (Å²) in [6, 6.07) is 0.532.